The molecule has 5 nitrogen and oxygen atoms in total. The molecule has 1 N–H and O–H groups in total. The van der Waals surface area contributed by atoms with E-state index >= 15 is 0 Å². The van der Waals surface area contributed by atoms with Gasteiger partial charge in [-0.1, -0.05) is 6.07 Å². The van der Waals surface area contributed by atoms with E-state index in [2.05, 4.69) is 28.3 Å². The predicted molar refractivity (Wildman–Crippen MR) is 98.4 cm³/mol. The lowest BCUT2D eigenvalue weighted by atomic mass is 9.94. The summed E-state index contributed by atoms with van der Waals surface area (Å²) in [4.78, 5) is 20.9. The van der Waals surface area contributed by atoms with Gasteiger partial charge in [0, 0.05) is 37.4 Å². The number of hydrogen-bond donors (Lipinski definition) is 1. The van der Waals surface area contributed by atoms with E-state index < -0.39 is 0 Å². The standard InChI is InChI=1S/C18H24N4OS/c1-13-11-24-12-16(13)20-18(23)22(3)10-15-6-8-21(2)17(15)14-5-4-7-19-9-14/h4-5,7,9,11-12,15,17H,6,8,10H2,1-3H3,(H,20,23)/t15-,17-/m0/s1. The molecule has 0 aliphatic carbocycles. The first-order valence-electron chi connectivity index (χ1n) is 8.21. The molecule has 2 aromatic heterocycles. The van der Waals surface area contributed by atoms with Crippen LogP contribution >= 0.6 is 11.3 Å². The summed E-state index contributed by atoms with van der Waals surface area (Å²) < 4.78 is 0. The van der Waals surface area contributed by atoms with Gasteiger partial charge in [-0.2, -0.15) is 0 Å². The van der Waals surface area contributed by atoms with Crippen LogP contribution in [0.2, 0.25) is 0 Å². The Labute approximate surface area is 147 Å². The lowest BCUT2D eigenvalue weighted by Gasteiger charge is -2.28. The molecule has 6 heteroatoms. The monoisotopic (exact) mass is 344 g/mol. The van der Waals surface area contributed by atoms with Crippen LogP contribution in [0.3, 0.4) is 0 Å². The predicted octanol–water partition coefficient (Wildman–Crippen LogP) is 3.61. The molecule has 2 aromatic rings. The Morgan fingerprint density at radius 2 is 2.33 bits per heavy atom. The number of amides is 2. The minimum atomic E-state index is -0.0454. The van der Waals surface area contributed by atoms with Gasteiger partial charge in [0.25, 0.3) is 0 Å². The van der Waals surface area contributed by atoms with E-state index in [1.807, 2.05) is 37.0 Å². The fourth-order valence-electron chi connectivity index (χ4n) is 3.43. The number of urea groups is 1. The maximum absolute atomic E-state index is 12.5. The van der Waals surface area contributed by atoms with Gasteiger partial charge >= 0.3 is 6.03 Å². The van der Waals surface area contributed by atoms with Gasteiger partial charge in [0.1, 0.15) is 0 Å². The van der Waals surface area contributed by atoms with E-state index in [-0.39, 0.29) is 6.03 Å². The number of hydrogen-bond acceptors (Lipinski definition) is 4. The highest BCUT2D eigenvalue weighted by Crippen LogP contribution is 2.36. The number of carbonyl (C=O) groups is 1. The molecule has 2 amide bonds. The first-order chi connectivity index (χ1) is 11.6. The van der Waals surface area contributed by atoms with Gasteiger partial charge in [-0.3, -0.25) is 9.88 Å². The molecule has 0 radical (unpaired) electrons. The molecular weight excluding hydrogens is 320 g/mol. The number of aromatic nitrogens is 1. The van der Waals surface area contributed by atoms with Crippen LogP contribution in [0.4, 0.5) is 10.5 Å². The van der Waals surface area contributed by atoms with Crippen LogP contribution in [-0.4, -0.2) is 48.0 Å². The highest BCUT2D eigenvalue weighted by atomic mass is 32.1. The molecule has 0 unspecified atom stereocenters. The Morgan fingerprint density at radius 1 is 1.50 bits per heavy atom. The van der Waals surface area contributed by atoms with Crippen molar-refractivity contribution in [3.63, 3.8) is 0 Å². The average Bonchev–Trinajstić information content (AvgIpc) is 3.14. The van der Waals surface area contributed by atoms with Gasteiger partial charge in [0.2, 0.25) is 0 Å². The smallest absolute Gasteiger partial charge is 0.321 e. The molecule has 1 saturated heterocycles. The van der Waals surface area contributed by atoms with E-state index in [1.165, 1.54) is 5.56 Å². The second-order valence-electron chi connectivity index (χ2n) is 6.54. The van der Waals surface area contributed by atoms with Gasteiger partial charge in [-0.15, -0.1) is 11.3 Å². The fraction of sp³-hybridized carbons (Fsp3) is 0.444. The number of anilines is 1. The van der Waals surface area contributed by atoms with Crippen molar-refractivity contribution >= 4 is 23.1 Å². The van der Waals surface area contributed by atoms with Crippen LogP contribution in [0.5, 0.6) is 0 Å². The van der Waals surface area contributed by atoms with E-state index in [1.54, 1.807) is 22.4 Å². The van der Waals surface area contributed by atoms with Crippen molar-refractivity contribution in [3.8, 4) is 0 Å². The number of aryl methyl sites for hydroxylation is 1. The largest absolute Gasteiger partial charge is 0.327 e. The van der Waals surface area contributed by atoms with Crippen molar-refractivity contribution in [1.29, 1.82) is 0 Å². The summed E-state index contributed by atoms with van der Waals surface area (Å²) in [5.74, 6) is 0.415. The number of thiophene rings is 1. The van der Waals surface area contributed by atoms with Crippen LogP contribution in [0, 0.1) is 12.8 Å². The second-order valence-corrected chi connectivity index (χ2v) is 7.28. The van der Waals surface area contributed by atoms with E-state index in [9.17, 15) is 4.79 Å². The van der Waals surface area contributed by atoms with Gasteiger partial charge in [0.05, 0.1) is 5.69 Å². The van der Waals surface area contributed by atoms with Gasteiger partial charge < -0.3 is 10.2 Å². The molecule has 24 heavy (non-hydrogen) atoms. The van der Waals surface area contributed by atoms with Gasteiger partial charge in [-0.25, -0.2) is 4.79 Å². The normalized spacial score (nSPS) is 21.0. The first kappa shape index (κ1) is 16.9. The number of carbonyl (C=O) groups excluding carboxylic acids is 1. The molecule has 0 bridgehead atoms. The van der Waals surface area contributed by atoms with Crippen molar-refractivity contribution in [3.05, 3.63) is 46.4 Å². The number of nitrogens with one attached hydrogen (secondary N) is 1. The van der Waals surface area contributed by atoms with Crippen molar-refractivity contribution in [2.75, 3.05) is 32.5 Å². The topological polar surface area (TPSA) is 48.5 Å². The van der Waals surface area contributed by atoms with Crippen molar-refractivity contribution in [2.45, 2.75) is 19.4 Å². The molecule has 3 heterocycles. The molecule has 1 fully saturated rings. The molecule has 0 aromatic carbocycles. The van der Waals surface area contributed by atoms with Crippen molar-refractivity contribution in [2.24, 2.45) is 5.92 Å². The fourth-order valence-corrected chi connectivity index (χ4v) is 4.21. The van der Waals surface area contributed by atoms with Crippen molar-refractivity contribution in [1.82, 2.24) is 14.8 Å². The molecule has 0 saturated carbocycles. The Bertz CT molecular complexity index is 687. The minimum absolute atomic E-state index is 0.0454. The first-order valence-corrected chi connectivity index (χ1v) is 9.15. The lowest BCUT2D eigenvalue weighted by Crippen LogP contribution is -2.37. The summed E-state index contributed by atoms with van der Waals surface area (Å²) in [5.41, 5.74) is 3.24. The van der Waals surface area contributed by atoms with Crippen LogP contribution in [0.1, 0.15) is 23.6 Å². The summed E-state index contributed by atoms with van der Waals surface area (Å²) in [5, 5.41) is 7.02. The second kappa shape index (κ2) is 7.32. The van der Waals surface area contributed by atoms with Gasteiger partial charge in [0.15, 0.2) is 0 Å². The molecule has 1 aliphatic rings. The SMILES string of the molecule is Cc1cscc1NC(=O)N(C)C[C@@H]1CCN(C)[C@H]1c1cccnc1. The molecular formula is C18H24N4OS. The Hall–Kier alpha value is -1.92. The van der Waals surface area contributed by atoms with Crippen molar-refractivity contribution < 1.29 is 4.79 Å². The number of likely N-dealkylation sites (tertiary alicyclic amines) is 1. The molecule has 128 valence electrons. The average molecular weight is 344 g/mol. The lowest BCUT2D eigenvalue weighted by molar-refractivity contribution is 0.201. The third kappa shape index (κ3) is 3.60. The minimum Gasteiger partial charge on any atom is -0.327 e. The Kier molecular flexibility index (Phi) is 5.16. The number of rotatable bonds is 4. The molecule has 1 aliphatic heterocycles. The maximum Gasteiger partial charge on any atom is 0.321 e. The van der Waals surface area contributed by atoms with Crippen LogP contribution < -0.4 is 5.32 Å². The highest BCUT2D eigenvalue weighted by molar-refractivity contribution is 7.08. The van der Waals surface area contributed by atoms with Crippen LogP contribution in [0.25, 0.3) is 0 Å². The number of nitrogens with zero attached hydrogens (tertiary/aromatic N) is 3. The Morgan fingerprint density at radius 3 is 3.00 bits per heavy atom. The number of pyridine rings is 1. The zero-order chi connectivity index (χ0) is 17.1. The third-order valence-corrected chi connectivity index (χ3v) is 5.61. The van der Waals surface area contributed by atoms with E-state index in [0.717, 1.165) is 30.8 Å². The summed E-state index contributed by atoms with van der Waals surface area (Å²) in [6, 6.07) is 4.38. The summed E-state index contributed by atoms with van der Waals surface area (Å²) in [7, 11) is 4.02. The maximum atomic E-state index is 12.5. The van der Waals surface area contributed by atoms with Crippen LogP contribution in [-0.2, 0) is 0 Å². The summed E-state index contributed by atoms with van der Waals surface area (Å²) in [6.07, 6.45) is 4.83. The molecule has 0 spiro atoms. The highest BCUT2D eigenvalue weighted by Gasteiger charge is 2.34. The van der Waals surface area contributed by atoms with E-state index in [4.69, 9.17) is 0 Å². The Balaban J connectivity index is 1.65. The summed E-state index contributed by atoms with van der Waals surface area (Å²) in [6.45, 7) is 3.79. The third-order valence-electron chi connectivity index (χ3n) is 4.75. The van der Waals surface area contributed by atoms with Crippen LogP contribution in [0.15, 0.2) is 35.3 Å². The summed E-state index contributed by atoms with van der Waals surface area (Å²) >= 11 is 1.60. The zero-order valence-corrected chi connectivity index (χ0v) is 15.2. The van der Waals surface area contributed by atoms with Gasteiger partial charge in [-0.05, 0) is 55.4 Å². The molecule has 2 atom stereocenters. The quantitative estimate of drug-likeness (QED) is 0.922. The van der Waals surface area contributed by atoms with E-state index in [0.29, 0.717) is 12.0 Å². The zero-order valence-electron chi connectivity index (χ0n) is 14.4. The molecule has 3 rings (SSSR count).